The molecule has 1 amide bonds. The largest absolute Gasteiger partial charge is 0.508 e. The summed E-state index contributed by atoms with van der Waals surface area (Å²) in [6, 6.07) is 5.53. The van der Waals surface area contributed by atoms with Gasteiger partial charge in [0.25, 0.3) is 0 Å². The Kier molecular flexibility index (Phi) is 4.54. The number of carboxylic acids is 1. The molecule has 2 N–H and O–H groups in total. The molecule has 1 aromatic carbocycles. The van der Waals surface area contributed by atoms with Crippen LogP contribution in [0, 0.1) is 0 Å². The molecule has 0 spiro atoms. The van der Waals surface area contributed by atoms with Crippen LogP contribution in [0.2, 0.25) is 0 Å². The van der Waals surface area contributed by atoms with Gasteiger partial charge in [0.1, 0.15) is 11.8 Å². The number of carboxylic acid groups (broad SMARTS) is 1. The number of thiol groups is 1. The first-order chi connectivity index (χ1) is 9.56. The SMILES string of the molecule is O=C(O)[C@@H]1CCC(c2ccccc2O)N1C(=O)CCS. The number of aromatic hydroxyl groups is 1. The molecule has 0 saturated carbocycles. The predicted octanol–water partition coefficient (Wildman–Crippen LogP) is 1.83. The summed E-state index contributed by atoms with van der Waals surface area (Å²) in [7, 11) is 0. The number of carbonyl (C=O) groups excluding carboxylic acids is 1. The number of hydrogen-bond acceptors (Lipinski definition) is 4. The Hall–Kier alpha value is -1.69. The molecular formula is C14H17NO4S. The van der Waals surface area contributed by atoms with Gasteiger partial charge in [-0.2, -0.15) is 12.6 Å². The number of benzene rings is 1. The maximum atomic E-state index is 12.2. The van der Waals surface area contributed by atoms with Crippen LogP contribution in [0.1, 0.15) is 30.9 Å². The van der Waals surface area contributed by atoms with Crippen molar-refractivity contribution in [1.29, 1.82) is 0 Å². The molecule has 6 heteroatoms. The number of rotatable bonds is 4. The average Bonchev–Trinajstić information content (AvgIpc) is 2.84. The maximum absolute atomic E-state index is 12.2. The fourth-order valence-corrected chi connectivity index (χ4v) is 2.89. The Morgan fingerprint density at radius 2 is 2.00 bits per heavy atom. The first-order valence-electron chi connectivity index (χ1n) is 6.49. The van der Waals surface area contributed by atoms with Crippen molar-refractivity contribution < 1.29 is 19.8 Å². The van der Waals surface area contributed by atoms with Crippen LogP contribution in [0.25, 0.3) is 0 Å². The zero-order valence-corrected chi connectivity index (χ0v) is 11.8. The van der Waals surface area contributed by atoms with Crippen LogP contribution in [-0.4, -0.2) is 38.8 Å². The highest BCUT2D eigenvalue weighted by Gasteiger charge is 2.41. The minimum atomic E-state index is -1.00. The van der Waals surface area contributed by atoms with Crippen LogP contribution in [0.4, 0.5) is 0 Å². The van der Waals surface area contributed by atoms with Crippen molar-refractivity contribution in [2.24, 2.45) is 0 Å². The van der Waals surface area contributed by atoms with Crippen molar-refractivity contribution in [1.82, 2.24) is 4.90 Å². The van der Waals surface area contributed by atoms with E-state index in [9.17, 15) is 19.8 Å². The molecule has 1 aliphatic rings. The van der Waals surface area contributed by atoms with Crippen molar-refractivity contribution in [2.45, 2.75) is 31.3 Å². The normalized spacial score (nSPS) is 21.9. The van der Waals surface area contributed by atoms with Gasteiger partial charge in [0.15, 0.2) is 0 Å². The highest BCUT2D eigenvalue weighted by molar-refractivity contribution is 7.80. The van der Waals surface area contributed by atoms with E-state index in [1.54, 1.807) is 24.3 Å². The smallest absolute Gasteiger partial charge is 0.326 e. The van der Waals surface area contributed by atoms with Gasteiger partial charge >= 0.3 is 5.97 Å². The van der Waals surface area contributed by atoms with Gasteiger partial charge in [0, 0.05) is 12.0 Å². The molecule has 1 saturated heterocycles. The molecule has 1 aliphatic heterocycles. The van der Waals surface area contributed by atoms with Crippen molar-refractivity contribution in [3.8, 4) is 5.75 Å². The Morgan fingerprint density at radius 3 is 2.60 bits per heavy atom. The van der Waals surface area contributed by atoms with Crippen LogP contribution in [0.15, 0.2) is 24.3 Å². The van der Waals surface area contributed by atoms with E-state index >= 15 is 0 Å². The summed E-state index contributed by atoms with van der Waals surface area (Å²) in [5.74, 6) is -0.782. The van der Waals surface area contributed by atoms with Crippen molar-refractivity contribution in [3.63, 3.8) is 0 Å². The fourth-order valence-electron chi connectivity index (χ4n) is 2.70. The minimum absolute atomic E-state index is 0.0900. The van der Waals surface area contributed by atoms with Gasteiger partial charge in [-0.3, -0.25) is 4.79 Å². The number of phenols is 1. The van der Waals surface area contributed by atoms with Crippen molar-refractivity contribution >= 4 is 24.5 Å². The summed E-state index contributed by atoms with van der Waals surface area (Å²) >= 11 is 4.03. The lowest BCUT2D eigenvalue weighted by Gasteiger charge is -2.29. The molecule has 5 nitrogen and oxygen atoms in total. The molecule has 20 heavy (non-hydrogen) atoms. The lowest BCUT2D eigenvalue weighted by atomic mass is 10.0. The van der Waals surface area contributed by atoms with E-state index < -0.39 is 12.0 Å². The summed E-state index contributed by atoms with van der Waals surface area (Å²) in [5.41, 5.74) is 0.601. The Morgan fingerprint density at radius 1 is 1.30 bits per heavy atom. The van der Waals surface area contributed by atoms with Crippen molar-refractivity contribution in [3.05, 3.63) is 29.8 Å². The average molecular weight is 295 g/mol. The minimum Gasteiger partial charge on any atom is -0.508 e. The highest BCUT2D eigenvalue weighted by Crippen LogP contribution is 2.40. The van der Waals surface area contributed by atoms with Crippen LogP contribution >= 0.6 is 12.6 Å². The standard InChI is InChI=1S/C14H17NO4S/c16-12-4-2-1-3-9(12)10-5-6-11(14(18)19)15(10)13(17)7-8-20/h1-4,10-11,16,20H,5-8H2,(H,18,19)/t10?,11-/m0/s1. The Labute approximate surface area is 122 Å². The van der Waals surface area contributed by atoms with Gasteiger partial charge in [0.2, 0.25) is 5.91 Å². The summed E-state index contributed by atoms with van der Waals surface area (Å²) in [4.78, 5) is 24.9. The zero-order chi connectivity index (χ0) is 14.7. The topological polar surface area (TPSA) is 77.8 Å². The van der Waals surface area contributed by atoms with E-state index in [0.717, 1.165) is 0 Å². The van der Waals surface area contributed by atoms with E-state index in [1.165, 1.54) is 4.90 Å². The predicted molar refractivity (Wildman–Crippen MR) is 76.8 cm³/mol. The number of carbonyl (C=O) groups is 2. The Bertz CT molecular complexity index is 520. The van der Waals surface area contributed by atoms with Crippen LogP contribution < -0.4 is 0 Å². The van der Waals surface area contributed by atoms with Gasteiger partial charge in [-0.05, 0) is 24.7 Å². The summed E-state index contributed by atoms with van der Waals surface area (Å²) in [6.07, 6.45) is 1.12. The molecule has 0 aliphatic carbocycles. The number of amides is 1. The van der Waals surface area contributed by atoms with Gasteiger partial charge in [-0.1, -0.05) is 18.2 Å². The van der Waals surface area contributed by atoms with Gasteiger partial charge in [0.05, 0.1) is 6.04 Å². The van der Waals surface area contributed by atoms with Crippen LogP contribution in [0.3, 0.4) is 0 Å². The maximum Gasteiger partial charge on any atom is 0.326 e. The summed E-state index contributed by atoms with van der Waals surface area (Å²) in [5, 5.41) is 19.2. The molecule has 1 aromatic rings. The molecule has 1 heterocycles. The monoisotopic (exact) mass is 295 g/mol. The molecule has 0 radical (unpaired) electrons. The molecule has 2 atom stereocenters. The van der Waals surface area contributed by atoms with E-state index in [0.29, 0.717) is 24.2 Å². The highest BCUT2D eigenvalue weighted by atomic mass is 32.1. The van der Waals surface area contributed by atoms with E-state index in [1.807, 2.05) is 0 Å². The second-order valence-electron chi connectivity index (χ2n) is 4.78. The lowest BCUT2D eigenvalue weighted by Crippen LogP contribution is -2.41. The lowest BCUT2D eigenvalue weighted by molar-refractivity contribution is -0.149. The number of likely N-dealkylation sites (tertiary alicyclic amines) is 1. The third-order valence-corrected chi connectivity index (χ3v) is 3.80. The zero-order valence-electron chi connectivity index (χ0n) is 10.9. The molecule has 1 fully saturated rings. The fraction of sp³-hybridized carbons (Fsp3) is 0.429. The first-order valence-corrected chi connectivity index (χ1v) is 7.12. The third-order valence-electron chi connectivity index (χ3n) is 3.58. The molecule has 0 bridgehead atoms. The Balaban J connectivity index is 2.34. The molecule has 108 valence electrons. The van der Waals surface area contributed by atoms with Gasteiger partial charge in [-0.25, -0.2) is 4.79 Å². The summed E-state index contributed by atoms with van der Waals surface area (Å²) < 4.78 is 0. The van der Waals surface area contributed by atoms with Crippen molar-refractivity contribution in [2.75, 3.05) is 5.75 Å². The molecule has 0 aromatic heterocycles. The van der Waals surface area contributed by atoms with E-state index in [2.05, 4.69) is 12.6 Å². The number of hydrogen-bond donors (Lipinski definition) is 3. The molecule has 1 unspecified atom stereocenters. The number of para-hydroxylation sites is 1. The molecule has 2 rings (SSSR count). The molecular weight excluding hydrogens is 278 g/mol. The van der Waals surface area contributed by atoms with Crippen LogP contribution in [0.5, 0.6) is 5.75 Å². The third kappa shape index (κ3) is 2.75. The first kappa shape index (κ1) is 14.7. The quantitative estimate of drug-likeness (QED) is 0.741. The second-order valence-corrected chi connectivity index (χ2v) is 5.23. The number of nitrogens with zero attached hydrogens (tertiary/aromatic N) is 1. The number of phenolic OH excluding ortho intramolecular Hbond substituents is 1. The second kappa shape index (κ2) is 6.17. The number of aliphatic carboxylic acids is 1. The van der Waals surface area contributed by atoms with Crippen LogP contribution in [-0.2, 0) is 9.59 Å². The van der Waals surface area contributed by atoms with Gasteiger partial charge in [-0.15, -0.1) is 0 Å². The summed E-state index contributed by atoms with van der Waals surface area (Å²) in [6.45, 7) is 0. The van der Waals surface area contributed by atoms with E-state index in [4.69, 9.17) is 0 Å². The van der Waals surface area contributed by atoms with Gasteiger partial charge < -0.3 is 15.1 Å². The van der Waals surface area contributed by atoms with E-state index in [-0.39, 0.29) is 24.1 Å².